The molecular formula is C7H7NO. The van der Waals surface area contributed by atoms with Crippen LogP contribution < -0.4 is 5.73 Å². The molecule has 0 heterocycles. The van der Waals surface area contributed by atoms with Gasteiger partial charge in [-0.15, -0.1) is 0 Å². The fourth-order valence-electron chi connectivity index (χ4n) is 0.707. The molecule has 2 N–H and O–H groups in total. The van der Waals surface area contributed by atoms with Crippen molar-refractivity contribution in [3.8, 4) is 0 Å². The van der Waals surface area contributed by atoms with E-state index in [4.69, 9.17) is 5.73 Å². The summed E-state index contributed by atoms with van der Waals surface area (Å²) in [4.78, 5) is 10.2. The first-order valence-corrected chi connectivity index (χ1v) is 2.64. The van der Waals surface area contributed by atoms with Crippen LogP contribution in [0.5, 0.6) is 0 Å². The van der Waals surface area contributed by atoms with Crippen molar-refractivity contribution in [2.75, 3.05) is 0 Å². The van der Waals surface area contributed by atoms with Crippen LogP contribution in [0.4, 0.5) is 0 Å². The van der Waals surface area contributed by atoms with Crippen molar-refractivity contribution in [3.05, 3.63) is 35.6 Å². The molecule has 2 heteroatoms. The van der Waals surface area contributed by atoms with Crippen LogP contribution in [0.3, 0.4) is 0 Å². The third kappa shape index (κ3) is 0.914. The monoisotopic (exact) mass is 121 g/mol. The van der Waals surface area contributed by atoms with E-state index in [9.17, 15) is 4.79 Å². The highest BCUT2D eigenvalue weighted by Gasteiger charge is 2.02. The molecule has 0 saturated heterocycles. The molecule has 1 aliphatic carbocycles. The minimum Gasteiger partial charge on any atom is -0.404 e. The number of rotatable bonds is 1. The van der Waals surface area contributed by atoms with Crippen molar-refractivity contribution < 1.29 is 4.79 Å². The molecule has 1 rings (SSSR count). The Morgan fingerprint density at radius 1 is 1.56 bits per heavy atom. The zero-order valence-corrected chi connectivity index (χ0v) is 4.87. The minimum absolute atomic E-state index is 0.650. The Bertz CT molecular complexity index is 211. The lowest BCUT2D eigenvalue weighted by atomic mass is 10.2. The van der Waals surface area contributed by atoms with Gasteiger partial charge in [0.25, 0.3) is 0 Å². The Hall–Kier alpha value is -1.31. The van der Waals surface area contributed by atoms with Crippen LogP contribution in [0.15, 0.2) is 35.6 Å². The van der Waals surface area contributed by atoms with E-state index in [2.05, 4.69) is 0 Å². The number of nitrogens with two attached hydrogens (primary N) is 1. The van der Waals surface area contributed by atoms with Gasteiger partial charge in [0.2, 0.25) is 0 Å². The number of allylic oxidation sites excluding steroid dienone is 5. The van der Waals surface area contributed by atoms with Gasteiger partial charge in [-0.3, -0.25) is 4.79 Å². The van der Waals surface area contributed by atoms with E-state index >= 15 is 0 Å². The maximum atomic E-state index is 10.2. The molecule has 0 aromatic rings. The molecule has 9 heavy (non-hydrogen) atoms. The second-order valence-electron chi connectivity index (χ2n) is 1.72. The van der Waals surface area contributed by atoms with Crippen LogP contribution >= 0.6 is 0 Å². The first-order chi connectivity index (χ1) is 4.38. The topological polar surface area (TPSA) is 43.1 Å². The van der Waals surface area contributed by atoms with E-state index in [1.54, 1.807) is 18.2 Å². The fourth-order valence-corrected chi connectivity index (χ4v) is 0.707. The lowest BCUT2D eigenvalue weighted by Crippen LogP contribution is -1.88. The average molecular weight is 121 g/mol. The van der Waals surface area contributed by atoms with Gasteiger partial charge in [-0.2, -0.15) is 0 Å². The normalized spacial score (nSPS) is 20.4. The van der Waals surface area contributed by atoms with Crippen molar-refractivity contribution in [3.63, 3.8) is 0 Å². The molecule has 0 spiro atoms. The number of hydrogen-bond acceptors (Lipinski definition) is 2. The highest BCUT2D eigenvalue weighted by atomic mass is 16.1. The summed E-state index contributed by atoms with van der Waals surface area (Å²) in [5, 5.41) is 0. The number of carbonyl (C=O) groups excluding carboxylic acids is 1. The zero-order chi connectivity index (χ0) is 6.69. The molecule has 0 aromatic heterocycles. The molecule has 1 aliphatic rings. The standard InChI is InChI=1S/C7H7NO/c8-4-6-2-1-3-7(6)5-9/h1-5H,8H2/b6-4-. The van der Waals surface area contributed by atoms with Gasteiger partial charge >= 0.3 is 0 Å². The van der Waals surface area contributed by atoms with E-state index in [0.29, 0.717) is 5.57 Å². The molecule has 0 fully saturated rings. The predicted octanol–water partition coefficient (Wildman–Crippen LogP) is 0.524. The molecule has 0 aromatic carbocycles. The second-order valence-corrected chi connectivity index (χ2v) is 1.72. The smallest absolute Gasteiger partial charge is 0.150 e. The maximum absolute atomic E-state index is 10.2. The highest BCUT2D eigenvalue weighted by Crippen LogP contribution is 2.13. The zero-order valence-electron chi connectivity index (χ0n) is 4.87. The summed E-state index contributed by atoms with van der Waals surface area (Å²) in [7, 11) is 0. The SMILES string of the molecule is N/C=C1/C=CC=C1C=O. The number of aldehydes is 1. The van der Waals surface area contributed by atoms with Crippen molar-refractivity contribution >= 4 is 6.29 Å². The predicted molar refractivity (Wildman–Crippen MR) is 35.6 cm³/mol. The van der Waals surface area contributed by atoms with Gasteiger partial charge in [0.15, 0.2) is 6.29 Å². The molecule has 0 amide bonds. The molecule has 0 aliphatic heterocycles. The van der Waals surface area contributed by atoms with E-state index in [1.807, 2.05) is 0 Å². The van der Waals surface area contributed by atoms with Gasteiger partial charge < -0.3 is 5.73 Å². The average Bonchev–Trinajstić information content (AvgIpc) is 2.33. The molecular weight excluding hydrogens is 114 g/mol. The molecule has 0 saturated carbocycles. The Labute approximate surface area is 53.4 Å². The second kappa shape index (κ2) is 2.31. The van der Waals surface area contributed by atoms with Crippen LogP contribution in [0.1, 0.15) is 0 Å². The Kier molecular flexibility index (Phi) is 1.49. The van der Waals surface area contributed by atoms with E-state index in [0.717, 1.165) is 11.9 Å². The van der Waals surface area contributed by atoms with Crippen LogP contribution in [-0.2, 0) is 4.79 Å². The highest BCUT2D eigenvalue weighted by molar-refractivity contribution is 5.84. The van der Waals surface area contributed by atoms with Crippen LogP contribution in [0.25, 0.3) is 0 Å². The molecule has 2 nitrogen and oxygen atoms in total. The molecule has 0 bridgehead atoms. The molecule has 46 valence electrons. The first-order valence-electron chi connectivity index (χ1n) is 2.64. The van der Waals surface area contributed by atoms with Crippen molar-refractivity contribution in [1.82, 2.24) is 0 Å². The molecule has 0 radical (unpaired) electrons. The van der Waals surface area contributed by atoms with Crippen molar-refractivity contribution in [1.29, 1.82) is 0 Å². The van der Waals surface area contributed by atoms with Gasteiger partial charge in [-0.1, -0.05) is 18.2 Å². The minimum atomic E-state index is 0.650. The van der Waals surface area contributed by atoms with E-state index in [-0.39, 0.29) is 0 Å². The summed E-state index contributed by atoms with van der Waals surface area (Å²) < 4.78 is 0. The van der Waals surface area contributed by atoms with Crippen molar-refractivity contribution in [2.45, 2.75) is 0 Å². The summed E-state index contributed by atoms with van der Waals surface area (Å²) in [6.07, 6.45) is 7.53. The Morgan fingerprint density at radius 3 is 2.78 bits per heavy atom. The van der Waals surface area contributed by atoms with Gasteiger partial charge in [0.1, 0.15) is 0 Å². The third-order valence-electron chi connectivity index (χ3n) is 1.19. The van der Waals surface area contributed by atoms with Crippen LogP contribution in [-0.4, -0.2) is 6.29 Å². The van der Waals surface area contributed by atoms with Crippen LogP contribution in [0.2, 0.25) is 0 Å². The van der Waals surface area contributed by atoms with Gasteiger partial charge in [0, 0.05) is 17.3 Å². The molecule has 0 atom stereocenters. The lowest BCUT2D eigenvalue weighted by Gasteiger charge is -1.89. The summed E-state index contributed by atoms with van der Waals surface area (Å²) >= 11 is 0. The maximum Gasteiger partial charge on any atom is 0.150 e. The Morgan fingerprint density at radius 2 is 2.33 bits per heavy atom. The Balaban J connectivity index is 2.91. The summed E-state index contributed by atoms with van der Waals surface area (Å²) in [5.41, 5.74) is 6.63. The first kappa shape index (κ1) is 5.82. The van der Waals surface area contributed by atoms with Crippen LogP contribution in [0, 0.1) is 0 Å². The molecule has 0 unspecified atom stereocenters. The van der Waals surface area contributed by atoms with Gasteiger partial charge in [-0.25, -0.2) is 0 Å². The van der Waals surface area contributed by atoms with E-state index < -0.39 is 0 Å². The van der Waals surface area contributed by atoms with Gasteiger partial charge in [0.05, 0.1) is 0 Å². The third-order valence-corrected chi connectivity index (χ3v) is 1.19. The fraction of sp³-hybridized carbons (Fsp3) is 0. The van der Waals surface area contributed by atoms with Gasteiger partial charge in [-0.05, 0) is 0 Å². The summed E-state index contributed by atoms with van der Waals surface area (Å²) in [6.45, 7) is 0. The van der Waals surface area contributed by atoms with Crippen molar-refractivity contribution in [2.24, 2.45) is 5.73 Å². The summed E-state index contributed by atoms with van der Waals surface area (Å²) in [6, 6.07) is 0. The van der Waals surface area contributed by atoms with E-state index in [1.165, 1.54) is 6.20 Å². The quantitative estimate of drug-likeness (QED) is 0.514. The lowest BCUT2D eigenvalue weighted by molar-refractivity contribution is -0.104. The number of hydrogen-bond donors (Lipinski definition) is 1. The largest absolute Gasteiger partial charge is 0.404 e. The summed E-state index contributed by atoms with van der Waals surface area (Å²) in [5.74, 6) is 0. The number of carbonyl (C=O) groups is 1.